The number of ketones is 1. The van der Waals surface area contributed by atoms with E-state index in [1.165, 1.54) is 7.05 Å². The van der Waals surface area contributed by atoms with E-state index in [9.17, 15) is 14.4 Å². The molecule has 4 rings (SSSR count). The lowest BCUT2D eigenvalue weighted by Gasteiger charge is -2.37. The zero-order chi connectivity index (χ0) is 20.9. The Balaban J connectivity index is 1.86. The Morgan fingerprint density at radius 3 is 2.31 bits per heavy atom. The van der Waals surface area contributed by atoms with Gasteiger partial charge >= 0.3 is 0 Å². The molecular weight excluding hydrogens is 364 g/mol. The third kappa shape index (κ3) is 2.72. The zero-order valence-corrected chi connectivity index (χ0v) is 17.2. The SMILES string of the molecule is CCc1ccc(C(=O)CC2(C)C(=O)N(C)C(=O)c3c2n(C)c2ccccc32)cc1. The van der Waals surface area contributed by atoms with Gasteiger partial charge in [0.05, 0.1) is 11.0 Å². The fraction of sp³-hybridized carbons (Fsp3) is 0.292. The fourth-order valence-electron chi connectivity index (χ4n) is 4.50. The molecule has 1 unspecified atom stereocenters. The number of likely N-dealkylation sites (N-methyl/N-ethyl adjacent to an activating group) is 1. The van der Waals surface area contributed by atoms with Gasteiger partial charge in [-0.1, -0.05) is 49.4 Å². The summed E-state index contributed by atoms with van der Waals surface area (Å²) in [7, 11) is 3.35. The Morgan fingerprint density at radius 1 is 1.00 bits per heavy atom. The first-order valence-electron chi connectivity index (χ1n) is 9.82. The number of hydrogen-bond donors (Lipinski definition) is 0. The lowest BCUT2D eigenvalue weighted by molar-refractivity contribution is -0.133. The van der Waals surface area contributed by atoms with Crippen LogP contribution in [0.5, 0.6) is 0 Å². The van der Waals surface area contributed by atoms with Crippen LogP contribution in [0.2, 0.25) is 0 Å². The van der Waals surface area contributed by atoms with E-state index >= 15 is 0 Å². The summed E-state index contributed by atoms with van der Waals surface area (Å²) < 4.78 is 1.89. The largest absolute Gasteiger partial charge is 0.346 e. The summed E-state index contributed by atoms with van der Waals surface area (Å²) in [6, 6.07) is 15.1. The van der Waals surface area contributed by atoms with E-state index in [1.54, 1.807) is 6.92 Å². The summed E-state index contributed by atoms with van der Waals surface area (Å²) in [5.41, 5.74) is 2.62. The number of aromatic nitrogens is 1. The molecule has 5 heteroatoms. The first kappa shape index (κ1) is 19.1. The molecule has 1 atom stereocenters. The van der Waals surface area contributed by atoms with E-state index < -0.39 is 5.41 Å². The molecule has 0 bridgehead atoms. The van der Waals surface area contributed by atoms with Gasteiger partial charge in [-0.15, -0.1) is 0 Å². The Labute approximate surface area is 169 Å². The van der Waals surface area contributed by atoms with Crippen molar-refractivity contribution in [3.8, 4) is 0 Å². The molecule has 5 nitrogen and oxygen atoms in total. The molecule has 0 N–H and O–H groups in total. The summed E-state index contributed by atoms with van der Waals surface area (Å²) in [5.74, 6) is -0.777. The molecule has 0 saturated heterocycles. The average molecular weight is 388 g/mol. The minimum Gasteiger partial charge on any atom is -0.346 e. The molecule has 2 aromatic carbocycles. The van der Waals surface area contributed by atoms with Crippen LogP contribution < -0.4 is 0 Å². The van der Waals surface area contributed by atoms with Gasteiger partial charge in [-0.25, -0.2) is 0 Å². The number of benzene rings is 2. The first-order valence-corrected chi connectivity index (χ1v) is 9.82. The lowest BCUT2D eigenvalue weighted by atomic mass is 9.75. The molecule has 29 heavy (non-hydrogen) atoms. The van der Waals surface area contributed by atoms with Crippen molar-refractivity contribution in [2.75, 3.05) is 7.05 Å². The molecular formula is C24H24N2O3. The number of rotatable bonds is 4. The van der Waals surface area contributed by atoms with Gasteiger partial charge in [0.25, 0.3) is 5.91 Å². The molecule has 1 aromatic heterocycles. The van der Waals surface area contributed by atoms with Crippen molar-refractivity contribution in [2.24, 2.45) is 7.05 Å². The van der Waals surface area contributed by atoms with Crippen molar-refractivity contribution < 1.29 is 14.4 Å². The van der Waals surface area contributed by atoms with Gasteiger partial charge in [0, 0.05) is 42.7 Å². The predicted molar refractivity (Wildman–Crippen MR) is 112 cm³/mol. The maximum atomic E-state index is 13.3. The summed E-state index contributed by atoms with van der Waals surface area (Å²) in [5, 5.41) is 0.806. The normalized spacial score (nSPS) is 19.0. The highest BCUT2D eigenvalue weighted by Gasteiger charge is 2.50. The average Bonchev–Trinajstić information content (AvgIpc) is 3.04. The summed E-state index contributed by atoms with van der Waals surface area (Å²) in [4.78, 5) is 40.5. The zero-order valence-electron chi connectivity index (χ0n) is 17.2. The van der Waals surface area contributed by atoms with E-state index in [0.29, 0.717) is 16.8 Å². The Kier molecular flexibility index (Phi) is 4.41. The molecule has 0 aliphatic carbocycles. The van der Waals surface area contributed by atoms with Crippen LogP contribution in [-0.4, -0.2) is 34.1 Å². The van der Waals surface area contributed by atoms with Crippen molar-refractivity contribution >= 4 is 28.5 Å². The Bertz CT molecular complexity index is 1160. The topological polar surface area (TPSA) is 59.4 Å². The second kappa shape index (κ2) is 6.69. The second-order valence-electron chi connectivity index (χ2n) is 7.95. The van der Waals surface area contributed by atoms with E-state index in [2.05, 4.69) is 6.92 Å². The van der Waals surface area contributed by atoms with Gasteiger partial charge in [-0.2, -0.15) is 0 Å². The van der Waals surface area contributed by atoms with Gasteiger partial charge in [0.15, 0.2) is 5.78 Å². The molecule has 1 aliphatic heterocycles. The molecule has 2 amide bonds. The number of para-hydroxylation sites is 1. The number of hydrogen-bond acceptors (Lipinski definition) is 3. The summed E-state index contributed by atoms with van der Waals surface area (Å²) in [6.07, 6.45) is 0.906. The van der Waals surface area contributed by atoms with Crippen molar-refractivity contribution in [2.45, 2.75) is 32.1 Å². The Hall–Kier alpha value is -3.21. The van der Waals surface area contributed by atoms with E-state index in [1.807, 2.05) is 60.1 Å². The highest BCUT2D eigenvalue weighted by atomic mass is 16.2. The van der Waals surface area contributed by atoms with Gasteiger partial charge in [0.1, 0.15) is 0 Å². The van der Waals surface area contributed by atoms with E-state index in [-0.39, 0.29) is 24.0 Å². The van der Waals surface area contributed by atoms with Crippen LogP contribution >= 0.6 is 0 Å². The van der Waals surface area contributed by atoms with Gasteiger partial charge in [-0.3, -0.25) is 19.3 Å². The maximum absolute atomic E-state index is 13.3. The quantitative estimate of drug-likeness (QED) is 0.503. The molecule has 0 fully saturated rings. The number of carbonyl (C=O) groups is 3. The van der Waals surface area contributed by atoms with Crippen LogP contribution in [0.3, 0.4) is 0 Å². The molecule has 3 aromatic rings. The minimum absolute atomic E-state index is 0.00604. The minimum atomic E-state index is -1.12. The third-order valence-electron chi connectivity index (χ3n) is 6.12. The highest BCUT2D eigenvalue weighted by Crippen LogP contribution is 2.42. The monoisotopic (exact) mass is 388 g/mol. The van der Waals surface area contributed by atoms with Crippen LogP contribution in [0.25, 0.3) is 10.9 Å². The standard InChI is InChI=1S/C24H24N2O3/c1-5-15-10-12-16(13-11-15)19(27)14-24(2)21-20(22(28)26(4)23(24)29)17-8-6-7-9-18(17)25(21)3/h6-13H,5,14H2,1-4H3. The number of fused-ring (bicyclic) bond motifs is 3. The lowest BCUT2D eigenvalue weighted by Crippen LogP contribution is -2.52. The first-order chi connectivity index (χ1) is 13.8. The fourth-order valence-corrected chi connectivity index (χ4v) is 4.50. The number of amides is 2. The Morgan fingerprint density at radius 2 is 1.66 bits per heavy atom. The van der Waals surface area contributed by atoms with Gasteiger partial charge < -0.3 is 4.57 Å². The second-order valence-corrected chi connectivity index (χ2v) is 7.95. The molecule has 0 radical (unpaired) electrons. The maximum Gasteiger partial charge on any atom is 0.262 e. The van der Waals surface area contributed by atoms with Crippen molar-refractivity contribution in [3.63, 3.8) is 0 Å². The number of aryl methyl sites for hydroxylation is 2. The third-order valence-corrected chi connectivity index (χ3v) is 6.12. The van der Waals surface area contributed by atoms with Crippen LogP contribution in [0, 0.1) is 0 Å². The number of Topliss-reactive ketones (excluding diaryl/α,β-unsaturated/α-hetero) is 1. The molecule has 2 heterocycles. The number of imide groups is 1. The molecule has 0 spiro atoms. The van der Waals surface area contributed by atoms with Crippen LogP contribution in [-0.2, 0) is 23.7 Å². The van der Waals surface area contributed by atoms with Gasteiger partial charge in [-0.05, 0) is 25.0 Å². The van der Waals surface area contributed by atoms with Crippen LogP contribution in [0.1, 0.15) is 52.2 Å². The smallest absolute Gasteiger partial charge is 0.262 e. The summed E-state index contributed by atoms with van der Waals surface area (Å²) in [6.45, 7) is 3.83. The van der Waals surface area contributed by atoms with Crippen molar-refractivity contribution in [1.29, 1.82) is 0 Å². The number of nitrogens with zero attached hydrogens (tertiary/aromatic N) is 2. The number of carbonyl (C=O) groups excluding carboxylic acids is 3. The van der Waals surface area contributed by atoms with Crippen molar-refractivity contribution in [3.05, 3.63) is 70.9 Å². The molecule has 148 valence electrons. The van der Waals surface area contributed by atoms with Crippen LogP contribution in [0.15, 0.2) is 48.5 Å². The van der Waals surface area contributed by atoms with E-state index in [0.717, 1.165) is 27.8 Å². The van der Waals surface area contributed by atoms with Gasteiger partial charge in [0.2, 0.25) is 5.91 Å². The van der Waals surface area contributed by atoms with Crippen molar-refractivity contribution in [1.82, 2.24) is 9.47 Å². The molecule has 1 aliphatic rings. The highest BCUT2D eigenvalue weighted by molar-refractivity contribution is 6.20. The summed E-state index contributed by atoms with van der Waals surface area (Å²) >= 11 is 0. The van der Waals surface area contributed by atoms with E-state index in [4.69, 9.17) is 0 Å². The predicted octanol–water partition coefficient (Wildman–Crippen LogP) is 3.88. The van der Waals surface area contributed by atoms with Crippen LogP contribution in [0.4, 0.5) is 0 Å². The molecule has 0 saturated carbocycles.